The number of esters is 1. The first-order valence-electron chi connectivity index (χ1n) is 7.76. The Hall–Kier alpha value is -2.26. The Morgan fingerprint density at radius 2 is 1.58 bits per heavy atom. The molecule has 0 N–H and O–H groups in total. The fraction of sp³-hybridized carbons (Fsp3) is 0.500. The number of carbonyl (C=O) groups excluding carboxylic acids is 2. The summed E-state index contributed by atoms with van der Waals surface area (Å²) in [7, 11) is 0. The number of hydrogen-bond donors (Lipinski definition) is 0. The minimum absolute atomic E-state index is 0.143. The number of carbonyl (C=O) groups is 2. The second-order valence-corrected chi connectivity index (χ2v) is 6.31. The van der Waals surface area contributed by atoms with Gasteiger partial charge in [0.2, 0.25) is 0 Å². The van der Waals surface area contributed by atoms with E-state index in [1.165, 1.54) is 24.3 Å². The highest BCUT2D eigenvalue weighted by molar-refractivity contribution is 6.00. The van der Waals surface area contributed by atoms with Gasteiger partial charge in [-0.3, -0.25) is 9.69 Å². The summed E-state index contributed by atoms with van der Waals surface area (Å²) in [5.41, 5.74) is -1.18. The van der Waals surface area contributed by atoms with Crippen molar-refractivity contribution in [3.05, 3.63) is 29.8 Å². The molecular formula is C16H13F6NO3. The van der Waals surface area contributed by atoms with E-state index in [4.69, 9.17) is 0 Å². The SMILES string of the molecule is O=C(OC1N(C(=O)C(F)(F)F)c2ccccc2C12CCCC2)C(F)(F)F. The van der Waals surface area contributed by atoms with Gasteiger partial charge < -0.3 is 4.74 Å². The van der Waals surface area contributed by atoms with Gasteiger partial charge in [-0.2, -0.15) is 26.3 Å². The van der Waals surface area contributed by atoms with E-state index in [9.17, 15) is 35.9 Å². The molecule has 0 radical (unpaired) electrons. The Balaban J connectivity index is 2.13. The Morgan fingerprint density at radius 3 is 2.12 bits per heavy atom. The Kier molecular flexibility index (Phi) is 4.19. The van der Waals surface area contributed by atoms with Crippen LogP contribution in [-0.4, -0.2) is 30.5 Å². The van der Waals surface area contributed by atoms with E-state index in [0.29, 0.717) is 12.8 Å². The predicted molar refractivity (Wildman–Crippen MR) is 76.1 cm³/mol. The molecule has 0 aromatic heterocycles. The highest BCUT2D eigenvalue weighted by atomic mass is 19.4. The van der Waals surface area contributed by atoms with E-state index >= 15 is 0 Å². The van der Waals surface area contributed by atoms with Crippen LogP contribution in [0.3, 0.4) is 0 Å². The lowest BCUT2D eigenvalue weighted by Crippen LogP contribution is -2.54. The predicted octanol–water partition coefficient (Wildman–Crippen LogP) is 3.84. The quantitative estimate of drug-likeness (QED) is 0.549. The third-order valence-corrected chi connectivity index (χ3v) is 4.81. The molecule has 3 rings (SSSR count). The molecule has 1 saturated carbocycles. The number of hydrogen-bond acceptors (Lipinski definition) is 3. The average Bonchev–Trinajstić information content (AvgIpc) is 3.11. The molecule has 4 nitrogen and oxygen atoms in total. The van der Waals surface area contributed by atoms with Crippen LogP contribution in [0, 0.1) is 0 Å². The molecule has 1 amide bonds. The molecule has 0 saturated heterocycles. The van der Waals surface area contributed by atoms with E-state index in [1.54, 1.807) is 0 Å². The van der Waals surface area contributed by atoms with Crippen molar-refractivity contribution in [3.8, 4) is 0 Å². The van der Waals surface area contributed by atoms with Crippen LogP contribution in [0.4, 0.5) is 32.0 Å². The third-order valence-electron chi connectivity index (χ3n) is 4.81. The van der Waals surface area contributed by atoms with Gasteiger partial charge in [0.15, 0.2) is 6.23 Å². The lowest BCUT2D eigenvalue weighted by atomic mass is 9.79. The molecular weight excluding hydrogens is 368 g/mol. The smallest absolute Gasteiger partial charge is 0.433 e. The fourth-order valence-electron chi connectivity index (χ4n) is 3.82. The third kappa shape index (κ3) is 2.80. The monoisotopic (exact) mass is 381 g/mol. The van der Waals surface area contributed by atoms with Crippen LogP contribution < -0.4 is 4.90 Å². The average molecular weight is 381 g/mol. The maximum atomic E-state index is 13.1. The van der Waals surface area contributed by atoms with Crippen LogP contribution in [0.2, 0.25) is 0 Å². The van der Waals surface area contributed by atoms with Gasteiger partial charge in [-0.15, -0.1) is 0 Å². The van der Waals surface area contributed by atoms with Crippen molar-refractivity contribution in [2.45, 2.75) is 49.7 Å². The molecule has 2 aliphatic rings. The molecule has 142 valence electrons. The molecule has 1 aromatic rings. The molecule has 10 heteroatoms. The largest absolute Gasteiger partial charge is 0.491 e. The Labute approximate surface area is 143 Å². The van der Waals surface area contributed by atoms with Crippen LogP contribution in [0.15, 0.2) is 24.3 Å². The topological polar surface area (TPSA) is 46.6 Å². The fourth-order valence-corrected chi connectivity index (χ4v) is 3.82. The van der Waals surface area contributed by atoms with Crippen molar-refractivity contribution in [1.29, 1.82) is 0 Å². The summed E-state index contributed by atoms with van der Waals surface area (Å²) in [6, 6.07) is 5.55. The standard InChI is InChI=1S/C16H13F6NO3/c17-15(18,19)11(24)23-10-6-2-1-5-9(10)14(7-3-4-8-14)12(23)26-13(25)16(20,21)22/h1-2,5-6,12H,3-4,7-8H2. The maximum Gasteiger partial charge on any atom is 0.491 e. The zero-order chi connectivity index (χ0) is 19.3. The van der Waals surface area contributed by atoms with Crippen LogP contribution >= 0.6 is 0 Å². The molecule has 0 bridgehead atoms. The summed E-state index contributed by atoms with van der Waals surface area (Å²) in [4.78, 5) is 23.4. The lowest BCUT2D eigenvalue weighted by molar-refractivity contribution is -0.209. The lowest BCUT2D eigenvalue weighted by Gasteiger charge is -2.35. The van der Waals surface area contributed by atoms with Crippen molar-refractivity contribution in [1.82, 2.24) is 0 Å². The van der Waals surface area contributed by atoms with Crippen LogP contribution in [0.1, 0.15) is 31.2 Å². The summed E-state index contributed by atoms with van der Waals surface area (Å²) >= 11 is 0. The normalized spacial score (nSPS) is 21.8. The minimum atomic E-state index is -5.39. The first kappa shape index (κ1) is 18.5. The van der Waals surface area contributed by atoms with Crippen LogP contribution in [0.5, 0.6) is 0 Å². The number of halogens is 6. The van der Waals surface area contributed by atoms with Gasteiger partial charge in [-0.1, -0.05) is 31.0 Å². The Morgan fingerprint density at radius 1 is 1.00 bits per heavy atom. The van der Waals surface area contributed by atoms with Gasteiger partial charge in [0.1, 0.15) is 0 Å². The molecule has 1 heterocycles. The van der Waals surface area contributed by atoms with E-state index < -0.39 is 35.9 Å². The zero-order valence-electron chi connectivity index (χ0n) is 13.2. The second-order valence-electron chi connectivity index (χ2n) is 6.31. The highest BCUT2D eigenvalue weighted by Crippen LogP contribution is 2.55. The number of ether oxygens (including phenoxy) is 1. The second kappa shape index (κ2) is 5.88. The number of nitrogens with zero attached hydrogens (tertiary/aromatic N) is 1. The van der Waals surface area contributed by atoms with Crippen LogP contribution in [0.25, 0.3) is 0 Å². The molecule has 26 heavy (non-hydrogen) atoms. The van der Waals surface area contributed by atoms with Crippen molar-refractivity contribution in [3.63, 3.8) is 0 Å². The van der Waals surface area contributed by atoms with Gasteiger partial charge in [0.25, 0.3) is 0 Å². The molecule has 1 atom stereocenters. The van der Waals surface area contributed by atoms with E-state index in [2.05, 4.69) is 4.74 Å². The number of anilines is 1. The van der Waals surface area contributed by atoms with Gasteiger partial charge in [0, 0.05) is 0 Å². The molecule has 1 aromatic carbocycles. The van der Waals surface area contributed by atoms with E-state index in [-0.39, 0.29) is 29.0 Å². The number of amides is 1. The molecule has 1 unspecified atom stereocenters. The van der Waals surface area contributed by atoms with Crippen molar-refractivity contribution in [2.24, 2.45) is 0 Å². The number of rotatable bonds is 1. The molecule has 1 spiro atoms. The van der Waals surface area contributed by atoms with Gasteiger partial charge in [-0.05, 0) is 24.5 Å². The summed E-state index contributed by atoms with van der Waals surface area (Å²) in [5.74, 6) is -4.99. The van der Waals surface area contributed by atoms with Crippen LogP contribution in [-0.2, 0) is 19.7 Å². The number of fused-ring (bicyclic) bond motifs is 2. The Bertz CT molecular complexity index is 736. The first-order chi connectivity index (χ1) is 12.0. The zero-order valence-corrected chi connectivity index (χ0v) is 13.2. The molecule has 1 fully saturated rings. The van der Waals surface area contributed by atoms with Gasteiger partial charge in [-0.25, -0.2) is 4.79 Å². The summed E-state index contributed by atoms with van der Waals surface area (Å²) in [6.45, 7) is 0. The molecule has 1 aliphatic heterocycles. The van der Waals surface area contributed by atoms with Crippen molar-refractivity contribution < 1.29 is 40.7 Å². The van der Waals surface area contributed by atoms with Gasteiger partial charge in [0.05, 0.1) is 11.1 Å². The number of benzene rings is 1. The number of alkyl halides is 6. The van der Waals surface area contributed by atoms with Crippen molar-refractivity contribution in [2.75, 3.05) is 4.90 Å². The van der Waals surface area contributed by atoms with Crippen molar-refractivity contribution >= 4 is 17.6 Å². The summed E-state index contributed by atoms with van der Waals surface area (Å²) < 4.78 is 81.7. The maximum absolute atomic E-state index is 13.1. The summed E-state index contributed by atoms with van der Waals surface area (Å²) in [6.07, 6.45) is -11.2. The molecule has 1 aliphatic carbocycles. The van der Waals surface area contributed by atoms with E-state index in [1.807, 2.05) is 0 Å². The summed E-state index contributed by atoms with van der Waals surface area (Å²) in [5, 5.41) is 0. The minimum Gasteiger partial charge on any atom is -0.433 e. The van der Waals surface area contributed by atoms with E-state index in [0.717, 1.165) is 0 Å². The first-order valence-corrected chi connectivity index (χ1v) is 7.76. The number of para-hydroxylation sites is 1. The highest BCUT2D eigenvalue weighted by Gasteiger charge is 2.61. The van der Waals surface area contributed by atoms with Gasteiger partial charge >= 0.3 is 24.2 Å².